The Balaban J connectivity index is 2.05. The van der Waals surface area contributed by atoms with Crippen molar-refractivity contribution in [2.75, 3.05) is 33.2 Å². The molecule has 0 fully saturated rings. The summed E-state index contributed by atoms with van der Waals surface area (Å²) >= 11 is 0. The van der Waals surface area contributed by atoms with Crippen LogP contribution in [0.3, 0.4) is 0 Å². The Labute approximate surface area is 150 Å². The maximum absolute atomic E-state index is 13.5. The Morgan fingerprint density at radius 2 is 1.62 bits per heavy atom. The van der Waals surface area contributed by atoms with Gasteiger partial charge in [-0.1, -0.05) is 12.1 Å². The highest BCUT2D eigenvalue weighted by Gasteiger charge is 2.17. The molecule has 0 atom stereocenters. The molecular formula is C18H19FN2O5. The lowest BCUT2D eigenvalue weighted by atomic mass is 10.1. The predicted molar refractivity (Wildman–Crippen MR) is 93.5 cm³/mol. The van der Waals surface area contributed by atoms with E-state index >= 15 is 0 Å². The summed E-state index contributed by atoms with van der Waals surface area (Å²) in [4.78, 5) is 24.2. The van der Waals surface area contributed by atoms with E-state index in [9.17, 15) is 14.0 Å². The summed E-state index contributed by atoms with van der Waals surface area (Å²) in [5, 5.41) is 4.84. The van der Waals surface area contributed by atoms with Crippen LogP contribution >= 0.6 is 0 Å². The van der Waals surface area contributed by atoms with Crippen molar-refractivity contribution in [1.29, 1.82) is 0 Å². The van der Waals surface area contributed by atoms with Gasteiger partial charge in [0.1, 0.15) is 5.82 Å². The van der Waals surface area contributed by atoms with E-state index < -0.39 is 17.6 Å². The second-order valence-corrected chi connectivity index (χ2v) is 5.12. The normalized spacial score (nSPS) is 10.0. The van der Waals surface area contributed by atoms with Crippen LogP contribution in [0.4, 0.5) is 10.1 Å². The number of para-hydroxylation sites is 1. The van der Waals surface area contributed by atoms with Crippen LogP contribution in [0, 0.1) is 5.82 Å². The lowest BCUT2D eigenvalue weighted by Crippen LogP contribution is -2.33. The number of rotatable bonds is 7. The minimum Gasteiger partial charge on any atom is -0.493 e. The minimum atomic E-state index is -0.559. The van der Waals surface area contributed by atoms with Gasteiger partial charge in [-0.2, -0.15) is 0 Å². The van der Waals surface area contributed by atoms with Crippen LogP contribution in [0.2, 0.25) is 0 Å². The molecular weight excluding hydrogens is 343 g/mol. The third-order valence-corrected chi connectivity index (χ3v) is 3.48. The molecule has 0 aromatic heterocycles. The average molecular weight is 362 g/mol. The maximum atomic E-state index is 13.5. The van der Waals surface area contributed by atoms with E-state index in [0.29, 0.717) is 17.2 Å². The summed E-state index contributed by atoms with van der Waals surface area (Å²) in [6.07, 6.45) is 0. The van der Waals surface area contributed by atoms with Crippen molar-refractivity contribution < 1.29 is 28.2 Å². The van der Waals surface area contributed by atoms with Gasteiger partial charge in [0, 0.05) is 5.56 Å². The van der Waals surface area contributed by atoms with Crippen molar-refractivity contribution >= 4 is 17.5 Å². The summed E-state index contributed by atoms with van der Waals surface area (Å²) < 4.78 is 29.1. The standard InChI is InChI=1S/C18H19FN2O5/c1-24-14-8-11(9-15(25-2)17(14)26-3)18(23)20-10-16(22)21-13-7-5-4-6-12(13)19/h4-9H,10H2,1-3H3,(H,20,23)(H,21,22). The van der Waals surface area contributed by atoms with Crippen molar-refractivity contribution in [3.63, 3.8) is 0 Å². The highest BCUT2D eigenvalue weighted by Crippen LogP contribution is 2.38. The van der Waals surface area contributed by atoms with Crippen LogP contribution in [0.1, 0.15) is 10.4 Å². The van der Waals surface area contributed by atoms with Crippen LogP contribution in [-0.2, 0) is 4.79 Å². The first-order chi connectivity index (χ1) is 12.5. The topological polar surface area (TPSA) is 85.9 Å². The Morgan fingerprint density at radius 1 is 1.00 bits per heavy atom. The minimum absolute atomic E-state index is 0.0412. The molecule has 0 radical (unpaired) electrons. The second-order valence-electron chi connectivity index (χ2n) is 5.12. The summed E-state index contributed by atoms with van der Waals surface area (Å²) in [5.41, 5.74) is 0.262. The summed E-state index contributed by atoms with van der Waals surface area (Å²) in [6, 6.07) is 8.68. The van der Waals surface area contributed by atoms with Gasteiger partial charge in [0.15, 0.2) is 11.5 Å². The number of halogens is 1. The number of benzene rings is 2. The molecule has 8 heteroatoms. The van der Waals surface area contributed by atoms with Crippen LogP contribution < -0.4 is 24.8 Å². The molecule has 2 aromatic carbocycles. The van der Waals surface area contributed by atoms with Gasteiger partial charge in [0.25, 0.3) is 5.91 Å². The zero-order chi connectivity index (χ0) is 19.1. The molecule has 0 saturated carbocycles. The van der Waals surface area contributed by atoms with Gasteiger partial charge in [0.2, 0.25) is 11.7 Å². The van der Waals surface area contributed by atoms with Gasteiger partial charge >= 0.3 is 0 Å². The Bertz CT molecular complexity index is 785. The van der Waals surface area contributed by atoms with E-state index in [4.69, 9.17) is 14.2 Å². The molecule has 26 heavy (non-hydrogen) atoms. The van der Waals surface area contributed by atoms with Crippen molar-refractivity contribution in [2.45, 2.75) is 0 Å². The molecule has 0 unspecified atom stereocenters. The molecule has 0 aliphatic carbocycles. The molecule has 0 heterocycles. The van der Waals surface area contributed by atoms with E-state index in [1.807, 2.05) is 0 Å². The number of anilines is 1. The number of hydrogen-bond acceptors (Lipinski definition) is 5. The van der Waals surface area contributed by atoms with Gasteiger partial charge in [-0.05, 0) is 24.3 Å². The number of ether oxygens (including phenoxy) is 3. The van der Waals surface area contributed by atoms with Gasteiger partial charge in [0.05, 0.1) is 33.6 Å². The zero-order valence-electron chi connectivity index (χ0n) is 14.6. The number of methoxy groups -OCH3 is 3. The molecule has 7 nitrogen and oxygen atoms in total. The van der Waals surface area contributed by atoms with Crippen LogP contribution in [0.25, 0.3) is 0 Å². The molecule has 0 aliphatic rings. The molecule has 0 bridgehead atoms. The Hall–Kier alpha value is -3.29. The van der Waals surface area contributed by atoms with Crippen molar-refractivity contribution in [1.82, 2.24) is 5.32 Å². The summed E-state index contributed by atoms with van der Waals surface area (Å²) in [5.74, 6) is -0.662. The van der Waals surface area contributed by atoms with Crippen molar-refractivity contribution in [2.24, 2.45) is 0 Å². The van der Waals surface area contributed by atoms with Gasteiger partial charge in [-0.25, -0.2) is 4.39 Å². The first-order valence-electron chi connectivity index (χ1n) is 7.62. The molecule has 2 rings (SSSR count). The van der Waals surface area contributed by atoms with Gasteiger partial charge in [-0.3, -0.25) is 9.59 Å². The van der Waals surface area contributed by atoms with E-state index in [2.05, 4.69) is 10.6 Å². The molecule has 2 amide bonds. The van der Waals surface area contributed by atoms with E-state index in [1.54, 1.807) is 6.07 Å². The van der Waals surface area contributed by atoms with Crippen molar-refractivity contribution in [3.8, 4) is 17.2 Å². The first-order valence-corrected chi connectivity index (χ1v) is 7.62. The molecule has 0 saturated heterocycles. The van der Waals surface area contributed by atoms with Crippen LogP contribution in [0.15, 0.2) is 36.4 Å². The fraction of sp³-hybridized carbons (Fsp3) is 0.222. The number of amides is 2. The van der Waals surface area contributed by atoms with E-state index in [0.717, 1.165) is 0 Å². The predicted octanol–water partition coefficient (Wildman–Crippen LogP) is 2.22. The van der Waals surface area contributed by atoms with E-state index in [-0.39, 0.29) is 17.8 Å². The highest BCUT2D eigenvalue weighted by atomic mass is 19.1. The number of carbonyl (C=O) groups is 2. The van der Waals surface area contributed by atoms with Gasteiger partial charge < -0.3 is 24.8 Å². The average Bonchev–Trinajstić information content (AvgIpc) is 2.66. The fourth-order valence-corrected chi connectivity index (χ4v) is 2.23. The zero-order valence-corrected chi connectivity index (χ0v) is 14.6. The lowest BCUT2D eigenvalue weighted by molar-refractivity contribution is -0.115. The molecule has 138 valence electrons. The smallest absolute Gasteiger partial charge is 0.251 e. The third kappa shape index (κ3) is 4.41. The van der Waals surface area contributed by atoms with Crippen LogP contribution in [0.5, 0.6) is 17.2 Å². The Morgan fingerprint density at radius 3 is 2.15 bits per heavy atom. The van der Waals surface area contributed by atoms with Crippen molar-refractivity contribution in [3.05, 3.63) is 47.8 Å². The third-order valence-electron chi connectivity index (χ3n) is 3.48. The number of nitrogens with one attached hydrogen (secondary N) is 2. The lowest BCUT2D eigenvalue weighted by Gasteiger charge is -2.14. The summed E-state index contributed by atoms with van der Waals surface area (Å²) in [6.45, 7) is -0.330. The first kappa shape index (κ1) is 19.0. The highest BCUT2D eigenvalue weighted by molar-refractivity contribution is 6.00. The largest absolute Gasteiger partial charge is 0.493 e. The molecule has 2 aromatic rings. The quantitative estimate of drug-likeness (QED) is 0.789. The van der Waals surface area contributed by atoms with E-state index in [1.165, 1.54) is 51.7 Å². The maximum Gasteiger partial charge on any atom is 0.251 e. The van der Waals surface area contributed by atoms with Crippen LogP contribution in [-0.4, -0.2) is 39.7 Å². The van der Waals surface area contributed by atoms with Gasteiger partial charge in [-0.15, -0.1) is 0 Å². The second kappa shape index (κ2) is 8.70. The summed E-state index contributed by atoms with van der Waals surface area (Å²) in [7, 11) is 4.31. The fourth-order valence-electron chi connectivity index (χ4n) is 2.23. The molecule has 0 spiro atoms. The monoisotopic (exact) mass is 362 g/mol. The molecule has 2 N–H and O–H groups in total. The SMILES string of the molecule is COc1cc(C(=O)NCC(=O)Nc2ccccc2F)cc(OC)c1OC. The number of hydrogen-bond donors (Lipinski definition) is 2. The molecule has 0 aliphatic heterocycles. The number of carbonyl (C=O) groups excluding carboxylic acids is 2. The Kier molecular flexibility index (Phi) is 6.37.